The van der Waals surface area contributed by atoms with Crippen LogP contribution in [0.4, 0.5) is 4.39 Å². The van der Waals surface area contributed by atoms with Crippen LogP contribution in [-0.2, 0) is 19.5 Å². The van der Waals surface area contributed by atoms with E-state index in [4.69, 9.17) is 5.73 Å². The average Bonchev–Trinajstić information content (AvgIpc) is 2.75. The zero-order valence-electron chi connectivity index (χ0n) is 10.4. The average molecular weight is 248 g/mol. The third kappa shape index (κ3) is 2.73. The maximum absolute atomic E-state index is 12.8. The van der Waals surface area contributed by atoms with Crippen LogP contribution in [0.2, 0.25) is 0 Å². The quantitative estimate of drug-likeness (QED) is 0.879. The Kier molecular flexibility index (Phi) is 4.04. The van der Waals surface area contributed by atoms with Gasteiger partial charge in [0.25, 0.3) is 0 Å². The van der Waals surface area contributed by atoms with E-state index in [1.807, 2.05) is 4.68 Å². The van der Waals surface area contributed by atoms with Crippen molar-refractivity contribution in [2.24, 2.45) is 5.73 Å². The summed E-state index contributed by atoms with van der Waals surface area (Å²) in [6, 6.07) is 6.43. The van der Waals surface area contributed by atoms with Gasteiger partial charge in [0.05, 0.1) is 17.9 Å². The molecular formula is C13H17FN4. The molecule has 0 unspecified atom stereocenters. The Morgan fingerprint density at radius 1 is 1.28 bits per heavy atom. The molecule has 1 aromatic heterocycles. The molecule has 0 spiro atoms. The number of hydrogen-bond donors (Lipinski definition) is 1. The highest BCUT2D eigenvalue weighted by Gasteiger charge is 2.10. The van der Waals surface area contributed by atoms with Crippen molar-refractivity contribution >= 4 is 0 Å². The van der Waals surface area contributed by atoms with Gasteiger partial charge >= 0.3 is 0 Å². The largest absolute Gasteiger partial charge is 0.325 e. The van der Waals surface area contributed by atoms with Crippen molar-refractivity contribution in [1.29, 1.82) is 0 Å². The van der Waals surface area contributed by atoms with Crippen LogP contribution < -0.4 is 5.73 Å². The molecule has 5 heteroatoms. The van der Waals surface area contributed by atoms with Gasteiger partial charge < -0.3 is 5.73 Å². The predicted molar refractivity (Wildman–Crippen MR) is 67.4 cm³/mol. The minimum atomic E-state index is -0.228. The van der Waals surface area contributed by atoms with Crippen LogP contribution in [0.25, 0.3) is 0 Å². The third-order valence-corrected chi connectivity index (χ3v) is 2.84. The molecule has 4 nitrogen and oxygen atoms in total. The summed E-state index contributed by atoms with van der Waals surface area (Å²) < 4.78 is 14.7. The van der Waals surface area contributed by atoms with Crippen molar-refractivity contribution in [2.45, 2.75) is 32.9 Å². The number of rotatable bonds is 5. The van der Waals surface area contributed by atoms with Crippen LogP contribution in [0, 0.1) is 5.82 Å². The molecule has 0 saturated carbocycles. The van der Waals surface area contributed by atoms with Crippen molar-refractivity contribution in [1.82, 2.24) is 15.0 Å². The smallest absolute Gasteiger partial charge is 0.123 e. The van der Waals surface area contributed by atoms with Gasteiger partial charge in [0.2, 0.25) is 0 Å². The van der Waals surface area contributed by atoms with Gasteiger partial charge in [-0.2, -0.15) is 0 Å². The highest BCUT2D eigenvalue weighted by atomic mass is 19.1. The van der Waals surface area contributed by atoms with Crippen molar-refractivity contribution in [3.63, 3.8) is 0 Å². The third-order valence-electron chi connectivity index (χ3n) is 2.84. The van der Waals surface area contributed by atoms with Gasteiger partial charge in [-0.05, 0) is 24.1 Å². The first-order chi connectivity index (χ1) is 8.74. The Labute approximate surface area is 106 Å². The Morgan fingerprint density at radius 2 is 2.00 bits per heavy atom. The Hall–Kier alpha value is -1.75. The molecule has 0 aliphatic carbocycles. The summed E-state index contributed by atoms with van der Waals surface area (Å²) in [5.74, 6) is -0.228. The van der Waals surface area contributed by atoms with Crippen molar-refractivity contribution < 1.29 is 4.39 Å². The van der Waals surface area contributed by atoms with Gasteiger partial charge in [-0.3, -0.25) is 0 Å². The number of nitrogens with zero attached hydrogens (tertiary/aromatic N) is 3. The maximum Gasteiger partial charge on any atom is 0.123 e. The number of benzene rings is 1. The maximum atomic E-state index is 12.8. The first kappa shape index (κ1) is 12.7. The molecule has 0 fully saturated rings. The minimum Gasteiger partial charge on any atom is -0.325 e. The SMILES string of the molecule is CCCc1c(CN)nnn1Cc1ccc(F)cc1. The Morgan fingerprint density at radius 3 is 2.61 bits per heavy atom. The normalized spacial score (nSPS) is 10.8. The lowest BCUT2D eigenvalue weighted by Crippen LogP contribution is -2.08. The molecule has 0 bridgehead atoms. The van der Waals surface area contributed by atoms with Crippen molar-refractivity contribution in [3.8, 4) is 0 Å². The van der Waals surface area contributed by atoms with Crippen LogP contribution in [0.5, 0.6) is 0 Å². The molecule has 18 heavy (non-hydrogen) atoms. The minimum absolute atomic E-state index is 0.228. The highest BCUT2D eigenvalue weighted by Crippen LogP contribution is 2.11. The zero-order valence-corrected chi connectivity index (χ0v) is 10.4. The van der Waals surface area contributed by atoms with Crippen LogP contribution in [0.15, 0.2) is 24.3 Å². The first-order valence-electron chi connectivity index (χ1n) is 6.10. The summed E-state index contributed by atoms with van der Waals surface area (Å²) in [5, 5.41) is 8.20. The van der Waals surface area contributed by atoms with Crippen molar-refractivity contribution in [2.75, 3.05) is 0 Å². The monoisotopic (exact) mass is 248 g/mol. The Bertz CT molecular complexity index is 504. The number of nitrogens with two attached hydrogens (primary N) is 1. The molecule has 0 atom stereocenters. The molecular weight excluding hydrogens is 231 g/mol. The Balaban J connectivity index is 2.22. The fourth-order valence-electron chi connectivity index (χ4n) is 1.93. The van der Waals surface area contributed by atoms with E-state index in [9.17, 15) is 4.39 Å². The predicted octanol–water partition coefficient (Wildman–Crippen LogP) is 1.88. The van der Waals surface area contributed by atoms with Crippen LogP contribution in [-0.4, -0.2) is 15.0 Å². The van der Waals surface area contributed by atoms with E-state index < -0.39 is 0 Å². The molecule has 2 aromatic rings. The second kappa shape index (κ2) is 5.73. The van der Waals surface area contributed by atoms with Gasteiger partial charge in [0, 0.05) is 6.54 Å². The zero-order chi connectivity index (χ0) is 13.0. The second-order valence-corrected chi connectivity index (χ2v) is 4.22. The molecule has 0 amide bonds. The van der Waals surface area contributed by atoms with Crippen molar-refractivity contribution in [3.05, 3.63) is 47.0 Å². The molecule has 1 aromatic carbocycles. The van der Waals surface area contributed by atoms with Crippen LogP contribution in [0.3, 0.4) is 0 Å². The van der Waals surface area contributed by atoms with Gasteiger partial charge in [-0.15, -0.1) is 5.10 Å². The summed E-state index contributed by atoms with van der Waals surface area (Å²) in [6.45, 7) is 3.11. The van der Waals surface area contributed by atoms with E-state index in [0.717, 1.165) is 29.8 Å². The number of aromatic nitrogens is 3. The molecule has 2 N–H and O–H groups in total. The lowest BCUT2D eigenvalue weighted by atomic mass is 10.2. The molecule has 96 valence electrons. The van der Waals surface area contributed by atoms with Gasteiger partial charge in [0.1, 0.15) is 5.82 Å². The lowest BCUT2D eigenvalue weighted by Gasteiger charge is -2.06. The van der Waals surface area contributed by atoms with E-state index >= 15 is 0 Å². The van der Waals surface area contributed by atoms with E-state index in [-0.39, 0.29) is 5.82 Å². The molecule has 0 saturated heterocycles. The van der Waals surface area contributed by atoms with E-state index in [2.05, 4.69) is 17.2 Å². The molecule has 0 radical (unpaired) electrons. The van der Waals surface area contributed by atoms with Gasteiger partial charge in [-0.1, -0.05) is 30.7 Å². The number of halogens is 1. The molecule has 2 rings (SSSR count). The van der Waals surface area contributed by atoms with E-state index in [1.165, 1.54) is 12.1 Å². The van der Waals surface area contributed by atoms with Gasteiger partial charge in [0.15, 0.2) is 0 Å². The fourth-order valence-corrected chi connectivity index (χ4v) is 1.93. The highest BCUT2D eigenvalue weighted by molar-refractivity contribution is 5.18. The second-order valence-electron chi connectivity index (χ2n) is 4.22. The molecule has 0 aliphatic heterocycles. The molecule has 0 aliphatic rings. The van der Waals surface area contributed by atoms with Crippen LogP contribution in [0.1, 0.15) is 30.3 Å². The van der Waals surface area contributed by atoms with E-state index in [1.54, 1.807) is 12.1 Å². The first-order valence-corrected chi connectivity index (χ1v) is 6.10. The summed E-state index contributed by atoms with van der Waals surface area (Å²) in [4.78, 5) is 0. The number of hydrogen-bond acceptors (Lipinski definition) is 3. The topological polar surface area (TPSA) is 56.7 Å². The van der Waals surface area contributed by atoms with E-state index in [0.29, 0.717) is 13.1 Å². The van der Waals surface area contributed by atoms with Gasteiger partial charge in [-0.25, -0.2) is 9.07 Å². The fraction of sp³-hybridized carbons (Fsp3) is 0.385. The summed E-state index contributed by atoms with van der Waals surface area (Å²) >= 11 is 0. The van der Waals surface area contributed by atoms with Crippen LogP contribution >= 0.6 is 0 Å². The molecule has 1 heterocycles. The summed E-state index contributed by atoms with van der Waals surface area (Å²) in [7, 11) is 0. The standard InChI is InChI=1S/C13H17FN4/c1-2-3-13-12(8-15)16-17-18(13)9-10-4-6-11(14)7-5-10/h4-7H,2-3,8-9,15H2,1H3. The summed E-state index contributed by atoms with van der Waals surface area (Å²) in [5.41, 5.74) is 8.56. The summed E-state index contributed by atoms with van der Waals surface area (Å²) in [6.07, 6.45) is 1.92. The lowest BCUT2D eigenvalue weighted by molar-refractivity contribution is 0.606.